The molecule has 33 heavy (non-hydrogen) atoms. The molecular formula is C23H25ClN6O3. The van der Waals surface area contributed by atoms with Crippen molar-refractivity contribution in [2.45, 2.75) is 45.4 Å². The molecule has 1 fully saturated rings. The highest BCUT2D eigenvalue weighted by Crippen LogP contribution is 2.28. The minimum atomic E-state index is -0.577. The minimum Gasteiger partial charge on any atom is -0.444 e. The summed E-state index contributed by atoms with van der Waals surface area (Å²) in [6.07, 6.45) is 1.94. The maximum absolute atomic E-state index is 13.0. The first-order valence-electron chi connectivity index (χ1n) is 10.6. The number of hydrogen-bond acceptors (Lipinski definition) is 6. The van der Waals surface area contributed by atoms with E-state index in [0.717, 1.165) is 17.5 Å². The lowest BCUT2D eigenvalue weighted by Gasteiger charge is -2.41. The van der Waals surface area contributed by atoms with Crippen molar-refractivity contribution in [1.29, 1.82) is 5.26 Å². The van der Waals surface area contributed by atoms with Crippen LogP contribution in [0.4, 0.5) is 16.2 Å². The highest BCUT2D eigenvalue weighted by Gasteiger charge is 2.36. The molecular weight excluding hydrogens is 444 g/mol. The first-order valence-corrected chi connectivity index (χ1v) is 11.0. The molecule has 3 aromatic rings. The molecule has 0 spiro atoms. The van der Waals surface area contributed by atoms with Gasteiger partial charge >= 0.3 is 11.8 Å². The monoisotopic (exact) mass is 468 g/mol. The van der Waals surface area contributed by atoms with E-state index in [4.69, 9.17) is 16.3 Å². The van der Waals surface area contributed by atoms with Crippen LogP contribution in [0.3, 0.4) is 0 Å². The zero-order valence-electron chi connectivity index (χ0n) is 18.9. The number of halogens is 1. The van der Waals surface area contributed by atoms with Gasteiger partial charge in [-0.1, -0.05) is 11.6 Å². The Bertz CT molecular complexity index is 1330. The summed E-state index contributed by atoms with van der Waals surface area (Å²) in [6, 6.07) is 9.12. The standard InChI is InChI=1S/C23H25ClN6O3/c1-23(2,3)33-22(32)29-10-8-15(29)13-30-19-11-14(5-6-18(19)28(4)21(30)31)27-17-7-9-26-20(24)16(17)12-25/h5-7,9,11,15H,8,10,13H2,1-4H3,(H,26,27). The zero-order chi connectivity index (χ0) is 23.9. The van der Waals surface area contributed by atoms with Gasteiger partial charge in [0.25, 0.3) is 0 Å². The first-order chi connectivity index (χ1) is 15.6. The molecule has 1 atom stereocenters. The highest BCUT2D eigenvalue weighted by atomic mass is 35.5. The summed E-state index contributed by atoms with van der Waals surface area (Å²) in [5.41, 5.74) is 2.21. The number of fused-ring (bicyclic) bond motifs is 1. The number of benzene rings is 1. The molecule has 9 nitrogen and oxygen atoms in total. The molecule has 10 heteroatoms. The predicted octanol–water partition coefficient (Wildman–Crippen LogP) is 4.01. The number of likely N-dealkylation sites (tertiary alicyclic amines) is 1. The van der Waals surface area contributed by atoms with E-state index in [0.29, 0.717) is 24.5 Å². The molecule has 1 unspecified atom stereocenters. The van der Waals surface area contributed by atoms with Gasteiger partial charge in [0.1, 0.15) is 22.4 Å². The number of anilines is 2. The van der Waals surface area contributed by atoms with Crippen LogP contribution in [0.5, 0.6) is 0 Å². The summed E-state index contributed by atoms with van der Waals surface area (Å²) in [5, 5.41) is 12.7. The summed E-state index contributed by atoms with van der Waals surface area (Å²) >= 11 is 6.03. The molecule has 1 aliphatic heterocycles. The number of aromatic nitrogens is 3. The fourth-order valence-corrected chi connectivity index (χ4v) is 4.07. The normalized spacial score (nSPS) is 15.8. The molecule has 3 heterocycles. The molecule has 1 amide bonds. The molecule has 0 bridgehead atoms. The van der Waals surface area contributed by atoms with Crippen molar-refractivity contribution in [3.05, 3.63) is 51.7 Å². The largest absolute Gasteiger partial charge is 0.444 e. The van der Waals surface area contributed by atoms with Crippen molar-refractivity contribution in [3.8, 4) is 6.07 Å². The number of nitriles is 1. The van der Waals surface area contributed by atoms with Crippen molar-refractivity contribution in [2.75, 3.05) is 11.9 Å². The topological polar surface area (TPSA) is 105 Å². The van der Waals surface area contributed by atoms with E-state index in [-0.39, 0.29) is 28.5 Å². The van der Waals surface area contributed by atoms with Crippen LogP contribution < -0.4 is 11.0 Å². The SMILES string of the molecule is Cn1c(=O)n(CC2CCN2C(=O)OC(C)(C)C)c2cc(Nc3ccnc(Cl)c3C#N)ccc21. The number of imidazole rings is 1. The summed E-state index contributed by atoms with van der Waals surface area (Å²) in [6.45, 7) is 6.46. The second-order valence-electron chi connectivity index (χ2n) is 9.03. The van der Waals surface area contributed by atoms with Crippen LogP contribution in [0.2, 0.25) is 5.15 Å². The summed E-state index contributed by atoms with van der Waals surface area (Å²) in [4.78, 5) is 31.1. The fraction of sp³-hybridized carbons (Fsp3) is 0.391. The van der Waals surface area contributed by atoms with Gasteiger partial charge in [-0.3, -0.25) is 9.13 Å². The number of ether oxygens (including phenoxy) is 1. The van der Waals surface area contributed by atoms with Crippen LogP contribution >= 0.6 is 11.6 Å². The quantitative estimate of drug-likeness (QED) is 0.580. The third-order valence-corrected chi connectivity index (χ3v) is 5.89. The Balaban J connectivity index is 1.64. The first kappa shape index (κ1) is 22.7. The molecule has 4 rings (SSSR count). The summed E-state index contributed by atoms with van der Waals surface area (Å²) in [7, 11) is 1.72. The van der Waals surface area contributed by atoms with Crippen LogP contribution in [0, 0.1) is 11.3 Å². The molecule has 1 aromatic carbocycles. The second kappa shape index (κ2) is 8.45. The van der Waals surface area contributed by atoms with E-state index in [1.807, 2.05) is 39.0 Å². The van der Waals surface area contributed by atoms with Gasteiger partial charge in [-0.25, -0.2) is 14.6 Å². The van der Waals surface area contributed by atoms with Crippen LogP contribution in [-0.2, 0) is 18.3 Å². The molecule has 1 N–H and O–H groups in total. The average molecular weight is 469 g/mol. The van der Waals surface area contributed by atoms with Gasteiger partial charge in [0.2, 0.25) is 0 Å². The van der Waals surface area contributed by atoms with Crippen molar-refractivity contribution < 1.29 is 9.53 Å². The number of nitrogens with one attached hydrogen (secondary N) is 1. The summed E-state index contributed by atoms with van der Waals surface area (Å²) in [5.74, 6) is 0. The summed E-state index contributed by atoms with van der Waals surface area (Å²) < 4.78 is 8.75. The third-order valence-electron chi connectivity index (χ3n) is 5.61. The molecule has 0 radical (unpaired) electrons. The Labute approximate surface area is 196 Å². The van der Waals surface area contributed by atoms with Gasteiger partial charge in [-0.15, -0.1) is 0 Å². The lowest BCUT2D eigenvalue weighted by Crippen LogP contribution is -2.55. The molecule has 0 saturated carbocycles. The number of nitrogens with zero attached hydrogens (tertiary/aromatic N) is 5. The molecule has 1 aliphatic rings. The van der Waals surface area contributed by atoms with Gasteiger partial charge in [0.05, 0.1) is 22.8 Å². The lowest BCUT2D eigenvalue weighted by atomic mass is 10.0. The van der Waals surface area contributed by atoms with Crippen molar-refractivity contribution >= 4 is 40.1 Å². The number of hydrogen-bond donors (Lipinski definition) is 1. The Hall–Kier alpha value is -3.51. The Morgan fingerprint density at radius 1 is 1.33 bits per heavy atom. The van der Waals surface area contributed by atoms with Gasteiger partial charge in [0, 0.05) is 32.0 Å². The predicted molar refractivity (Wildman–Crippen MR) is 126 cm³/mol. The van der Waals surface area contributed by atoms with Crippen LogP contribution in [0.25, 0.3) is 11.0 Å². The number of aryl methyl sites for hydroxylation is 1. The van der Waals surface area contributed by atoms with E-state index >= 15 is 0 Å². The van der Waals surface area contributed by atoms with Crippen molar-refractivity contribution in [2.24, 2.45) is 7.05 Å². The van der Waals surface area contributed by atoms with E-state index < -0.39 is 5.60 Å². The van der Waals surface area contributed by atoms with Crippen LogP contribution in [-0.4, -0.2) is 43.3 Å². The van der Waals surface area contributed by atoms with E-state index in [9.17, 15) is 14.9 Å². The van der Waals surface area contributed by atoms with E-state index in [1.165, 1.54) is 6.20 Å². The number of carbonyl (C=O) groups excluding carboxylic acids is 1. The number of pyridine rings is 1. The van der Waals surface area contributed by atoms with Crippen molar-refractivity contribution in [1.82, 2.24) is 19.0 Å². The smallest absolute Gasteiger partial charge is 0.410 e. The van der Waals surface area contributed by atoms with Gasteiger partial charge < -0.3 is 15.0 Å². The Morgan fingerprint density at radius 3 is 2.73 bits per heavy atom. The maximum atomic E-state index is 13.0. The third kappa shape index (κ3) is 4.39. The zero-order valence-corrected chi connectivity index (χ0v) is 19.7. The maximum Gasteiger partial charge on any atom is 0.410 e. The Morgan fingerprint density at radius 2 is 2.09 bits per heavy atom. The average Bonchev–Trinajstić information content (AvgIpc) is 2.94. The number of amides is 1. The minimum absolute atomic E-state index is 0.118. The van der Waals surface area contributed by atoms with Crippen LogP contribution in [0.15, 0.2) is 35.3 Å². The second-order valence-corrected chi connectivity index (χ2v) is 9.39. The number of rotatable bonds is 4. The Kier molecular flexibility index (Phi) is 5.80. The van der Waals surface area contributed by atoms with Gasteiger partial charge in [0.15, 0.2) is 0 Å². The molecule has 2 aromatic heterocycles. The van der Waals surface area contributed by atoms with E-state index in [1.54, 1.807) is 27.1 Å². The van der Waals surface area contributed by atoms with Gasteiger partial charge in [-0.05, 0) is 51.5 Å². The fourth-order valence-electron chi connectivity index (χ4n) is 3.87. The molecule has 172 valence electrons. The molecule has 0 aliphatic carbocycles. The molecule has 1 saturated heterocycles. The number of carbonyl (C=O) groups is 1. The van der Waals surface area contributed by atoms with E-state index in [2.05, 4.69) is 16.4 Å². The van der Waals surface area contributed by atoms with Crippen molar-refractivity contribution in [3.63, 3.8) is 0 Å². The highest BCUT2D eigenvalue weighted by molar-refractivity contribution is 6.31. The van der Waals surface area contributed by atoms with Crippen LogP contribution in [0.1, 0.15) is 32.8 Å². The van der Waals surface area contributed by atoms with Gasteiger partial charge in [-0.2, -0.15) is 5.26 Å². The lowest BCUT2D eigenvalue weighted by molar-refractivity contribution is -0.00822.